The molecule has 20 heteroatoms. The Kier molecular flexibility index (Phi) is 11.6. The summed E-state index contributed by atoms with van der Waals surface area (Å²) in [6.45, 7) is -0.558. The van der Waals surface area contributed by atoms with Gasteiger partial charge in [0.2, 0.25) is 18.4 Å². The second kappa shape index (κ2) is 15.4. The Balaban J connectivity index is 1.41. The zero-order chi connectivity index (χ0) is 36.9. The van der Waals surface area contributed by atoms with Gasteiger partial charge in [-0.05, 0) is 35.4 Å². The van der Waals surface area contributed by atoms with Crippen LogP contribution < -0.4 is 25.8 Å². The monoisotopic (exact) mass is 706 g/mol. The molecule has 9 atom stereocenters. The molecule has 2 aromatic carbocycles. The Morgan fingerprint density at radius 3 is 2.08 bits per heavy atom. The molecule has 0 spiro atoms. The van der Waals surface area contributed by atoms with Gasteiger partial charge in [-0.1, -0.05) is 24.3 Å². The van der Waals surface area contributed by atoms with Crippen LogP contribution in [0.4, 0.5) is 0 Å². The smallest absolute Gasteiger partial charge is 0.335 e. The van der Waals surface area contributed by atoms with Crippen molar-refractivity contribution < 1.29 is 78.7 Å². The Morgan fingerprint density at radius 1 is 0.940 bits per heavy atom. The maximum atomic E-state index is 13.4. The Bertz CT molecular complexity index is 1590. The number of hydrogen-bond acceptors (Lipinski definition) is 14. The number of carboxylic acids is 3. The summed E-state index contributed by atoms with van der Waals surface area (Å²) in [5.74, 6) is -6.26. The Labute approximate surface area is 281 Å². The molecule has 9 unspecified atom stereocenters. The van der Waals surface area contributed by atoms with E-state index in [0.29, 0.717) is 0 Å². The molecule has 3 amide bonds. The van der Waals surface area contributed by atoms with E-state index < -0.39 is 90.8 Å². The number of aliphatic hydroxyl groups excluding tert-OH is 4. The summed E-state index contributed by atoms with van der Waals surface area (Å²) in [6, 6.07) is 7.53. The summed E-state index contributed by atoms with van der Waals surface area (Å²) in [5.41, 5.74) is 3.38. The van der Waals surface area contributed by atoms with Crippen LogP contribution in [-0.2, 0) is 33.5 Å². The highest BCUT2D eigenvalue weighted by Crippen LogP contribution is 2.34. The van der Waals surface area contributed by atoms with Crippen LogP contribution in [-0.4, -0.2) is 132 Å². The zero-order valence-electron chi connectivity index (χ0n) is 25.8. The molecule has 0 radical (unpaired) electrons. The van der Waals surface area contributed by atoms with E-state index in [2.05, 4.69) is 10.6 Å². The van der Waals surface area contributed by atoms with Gasteiger partial charge in [0.05, 0.1) is 13.2 Å². The van der Waals surface area contributed by atoms with E-state index in [1.807, 2.05) is 0 Å². The van der Waals surface area contributed by atoms with Crippen LogP contribution in [0.5, 0.6) is 11.5 Å². The highest BCUT2D eigenvalue weighted by atomic mass is 16.7. The van der Waals surface area contributed by atoms with Crippen molar-refractivity contribution in [3.05, 3.63) is 59.7 Å². The van der Waals surface area contributed by atoms with Crippen molar-refractivity contribution >= 4 is 36.1 Å². The summed E-state index contributed by atoms with van der Waals surface area (Å²) in [7, 11) is 0. The summed E-state index contributed by atoms with van der Waals surface area (Å²) in [6.07, 6.45) is -11.1. The van der Waals surface area contributed by atoms with Crippen LogP contribution in [0.3, 0.4) is 0 Å². The number of nitrogens with zero attached hydrogens (tertiary/aromatic N) is 1. The lowest BCUT2D eigenvalue weighted by atomic mass is 9.92. The van der Waals surface area contributed by atoms with Gasteiger partial charge in [0.25, 0.3) is 11.8 Å². The van der Waals surface area contributed by atoms with Crippen LogP contribution >= 0.6 is 0 Å². The van der Waals surface area contributed by atoms with Gasteiger partial charge in [-0.15, -0.1) is 0 Å². The zero-order valence-corrected chi connectivity index (χ0v) is 25.8. The van der Waals surface area contributed by atoms with Crippen LogP contribution in [0.15, 0.2) is 48.5 Å². The average molecular weight is 707 g/mol. The molecule has 270 valence electrons. The molecule has 0 saturated carbocycles. The molecule has 2 aliphatic heterocycles. The molecule has 2 fully saturated rings. The highest BCUT2D eigenvalue weighted by Gasteiger charge is 2.57. The fourth-order valence-electron chi connectivity index (χ4n) is 5.17. The molecule has 0 aliphatic carbocycles. The predicted molar refractivity (Wildman–Crippen MR) is 161 cm³/mol. The molecule has 50 heavy (non-hydrogen) atoms. The van der Waals surface area contributed by atoms with Gasteiger partial charge >= 0.3 is 17.9 Å². The summed E-state index contributed by atoms with van der Waals surface area (Å²) in [5, 5.41) is 73.1. The molecule has 20 nitrogen and oxygen atoms in total. The van der Waals surface area contributed by atoms with E-state index in [4.69, 9.17) is 25.1 Å². The molecule has 4 rings (SSSR count). The van der Waals surface area contributed by atoms with E-state index in [9.17, 15) is 59.4 Å². The fraction of sp³-hybridized carbons (Fsp3) is 0.400. The lowest BCUT2D eigenvalue weighted by Crippen LogP contribution is -2.81. The largest absolute Gasteiger partial charge is 0.494 e. The van der Waals surface area contributed by atoms with E-state index in [0.717, 1.165) is 4.90 Å². The third-order valence-electron chi connectivity index (χ3n) is 7.94. The summed E-state index contributed by atoms with van der Waals surface area (Å²) in [4.78, 5) is 73.0. The summed E-state index contributed by atoms with van der Waals surface area (Å²) < 4.78 is 15.9. The number of nitrogens with two attached hydrogens (primary N) is 1. The first-order valence-corrected chi connectivity index (χ1v) is 14.8. The first-order chi connectivity index (χ1) is 23.6. The van der Waals surface area contributed by atoms with Gasteiger partial charge in [0.15, 0.2) is 18.2 Å². The van der Waals surface area contributed by atoms with E-state index >= 15 is 0 Å². The van der Waals surface area contributed by atoms with Crippen molar-refractivity contribution in [3.63, 3.8) is 0 Å². The van der Waals surface area contributed by atoms with Gasteiger partial charge in [-0.25, -0.2) is 9.59 Å². The number of rotatable bonds is 16. The number of hydrogen-bond donors (Lipinski definition) is 10. The van der Waals surface area contributed by atoms with Crippen LogP contribution in [0.2, 0.25) is 0 Å². The number of likely N-dealkylation sites (tertiary alicyclic amines) is 1. The van der Waals surface area contributed by atoms with Crippen molar-refractivity contribution in [1.82, 2.24) is 15.5 Å². The molecule has 2 heterocycles. The van der Waals surface area contributed by atoms with Crippen LogP contribution in [0, 0.1) is 0 Å². The number of nitrogens with one attached hydrogen (secondary N) is 2. The van der Waals surface area contributed by atoms with Gasteiger partial charge < -0.3 is 71.2 Å². The molecule has 2 aromatic rings. The number of carbonyl (C=O) groups is 6. The van der Waals surface area contributed by atoms with E-state index in [1.165, 1.54) is 48.5 Å². The minimum Gasteiger partial charge on any atom is -0.494 e. The minimum absolute atomic E-state index is 0.0143. The molecular formula is C30H34N4O16. The summed E-state index contributed by atoms with van der Waals surface area (Å²) >= 11 is 0. The van der Waals surface area contributed by atoms with Gasteiger partial charge in [-0.3, -0.25) is 19.2 Å². The van der Waals surface area contributed by atoms with Gasteiger partial charge in [0.1, 0.15) is 35.9 Å². The van der Waals surface area contributed by atoms with E-state index in [-0.39, 0.29) is 42.1 Å². The normalized spacial score (nSPS) is 26.4. The van der Waals surface area contributed by atoms with Crippen molar-refractivity contribution in [2.45, 2.75) is 61.0 Å². The average Bonchev–Trinajstić information content (AvgIpc) is 3.08. The third-order valence-corrected chi connectivity index (χ3v) is 7.94. The third kappa shape index (κ3) is 7.91. The first kappa shape index (κ1) is 37.4. The molecular weight excluding hydrogens is 672 g/mol. The number of carboxylic acid groups (broad SMARTS) is 3. The fourth-order valence-corrected chi connectivity index (χ4v) is 5.17. The predicted octanol–water partition coefficient (Wildman–Crippen LogP) is -3.60. The van der Waals surface area contributed by atoms with Crippen molar-refractivity contribution in [1.29, 1.82) is 0 Å². The number of amides is 3. The van der Waals surface area contributed by atoms with Crippen molar-refractivity contribution in [2.24, 2.45) is 5.73 Å². The van der Waals surface area contributed by atoms with Crippen molar-refractivity contribution in [3.8, 4) is 11.5 Å². The molecule has 2 saturated heterocycles. The second-order valence-electron chi connectivity index (χ2n) is 11.3. The second-order valence-corrected chi connectivity index (χ2v) is 11.3. The first-order valence-electron chi connectivity index (χ1n) is 14.8. The minimum atomic E-state index is -2.11. The Hall–Kier alpha value is -5.38. The highest BCUT2D eigenvalue weighted by molar-refractivity contribution is 6.00. The quantitative estimate of drug-likeness (QED) is 0.0458. The topological polar surface area (TPSA) is 325 Å². The maximum absolute atomic E-state index is 13.4. The number of aliphatic carboxylic acids is 3. The van der Waals surface area contributed by atoms with Gasteiger partial charge in [-0.2, -0.15) is 0 Å². The van der Waals surface area contributed by atoms with E-state index in [1.54, 1.807) is 0 Å². The maximum Gasteiger partial charge on any atom is 0.335 e. The van der Waals surface area contributed by atoms with Crippen LogP contribution in [0.1, 0.15) is 29.7 Å². The van der Waals surface area contributed by atoms with Crippen LogP contribution in [0.25, 0.3) is 0 Å². The molecule has 2 aliphatic rings. The molecule has 11 N–H and O–H groups in total. The lowest BCUT2D eigenvalue weighted by molar-refractivity contribution is -0.271. The van der Waals surface area contributed by atoms with Crippen molar-refractivity contribution in [2.75, 3.05) is 13.2 Å². The lowest BCUT2D eigenvalue weighted by Gasteiger charge is -2.50. The number of ether oxygens (including phenoxy) is 3. The Morgan fingerprint density at radius 2 is 1.54 bits per heavy atom. The van der Waals surface area contributed by atoms with Gasteiger partial charge in [0, 0.05) is 6.42 Å². The standard InChI is InChI=1S/C30H34N4O16/c31-17(25(41)42)9-10-48-15-5-3-14(4-6-15)19(36)24(40)33-30(32-12-35)11-34(29(30)47)18(26(43)44)13-1-7-16(8-2-13)49-28-22(39)20(37)21(38)23(50-28)27(45)46/h1-8,12,17-23,28,36-39H,9-11,31H2,(H,32,35)(H,33,40)(H,41,42)(H,43,44)(H,45,46). The number of benzene rings is 2. The number of aliphatic hydroxyl groups is 4. The number of β-lactam (4-membered cyclic amide) rings is 1. The molecule has 0 aromatic heterocycles. The number of carbonyl (C=O) groups excluding carboxylic acids is 3. The SMILES string of the molecule is NC(CCOc1ccc(C(O)C(=O)NC2(NC=O)CN(C(C(=O)O)c3ccc(OC4OC(C(=O)O)C(O)C(O)C4O)cc3)C2=O)cc1)C(=O)O. The molecule has 0 bridgehead atoms.